The van der Waals surface area contributed by atoms with E-state index in [-0.39, 0.29) is 5.54 Å². The van der Waals surface area contributed by atoms with Gasteiger partial charge < -0.3 is 15.0 Å². The minimum atomic E-state index is 0.142. The summed E-state index contributed by atoms with van der Waals surface area (Å²) in [7, 11) is 6.16. The van der Waals surface area contributed by atoms with Crippen LogP contribution in [0.3, 0.4) is 0 Å². The van der Waals surface area contributed by atoms with Crippen LogP contribution in [0.4, 0.5) is 0 Å². The molecule has 0 fully saturated rings. The van der Waals surface area contributed by atoms with Gasteiger partial charge in [-0.25, -0.2) is 0 Å². The maximum absolute atomic E-state index is 5.64. The fourth-order valence-electron chi connectivity index (χ4n) is 0.957. The third-order valence-electron chi connectivity index (χ3n) is 2.63. The van der Waals surface area contributed by atoms with Crippen molar-refractivity contribution in [1.29, 1.82) is 0 Å². The summed E-state index contributed by atoms with van der Waals surface area (Å²) in [4.78, 5) is 2.20. The van der Waals surface area contributed by atoms with Crippen molar-refractivity contribution < 1.29 is 4.74 Å². The summed E-state index contributed by atoms with van der Waals surface area (Å²) in [6.07, 6.45) is 2.34. The Morgan fingerprint density at radius 1 is 1.21 bits per heavy atom. The van der Waals surface area contributed by atoms with E-state index in [9.17, 15) is 0 Å². The van der Waals surface area contributed by atoms with Crippen molar-refractivity contribution in [2.75, 3.05) is 40.9 Å². The summed E-state index contributed by atoms with van der Waals surface area (Å²) in [6, 6.07) is 0. The maximum atomic E-state index is 5.64. The minimum Gasteiger partial charge on any atom is -0.380 e. The summed E-state index contributed by atoms with van der Waals surface area (Å²) >= 11 is 0. The van der Waals surface area contributed by atoms with E-state index in [2.05, 4.69) is 38.2 Å². The van der Waals surface area contributed by atoms with Crippen molar-refractivity contribution in [3.63, 3.8) is 0 Å². The largest absolute Gasteiger partial charge is 0.380 e. The standard InChI is InChI=1S/C11H26N2O/c1-11(2,13(4)5)10-14-9-7-6-8-12-3/h12H,6-10H2,1-5H3. The van der Waals surface area contributed by atoms with E-state index in [0.29, 0.717) is 0 Å². The van der Waals surface area contributed by atoms with E-state index < -0.39 is 0 Å². The van der Waals surface area contributed by atoms with Gasteiger partial charge in [0.1, 0.15) is 0 Å². The number of rotatable bonds is 8. The summed E-state index contributed by atoms with van der Waals surface area (Å²) in [5.41, 5.74) is 0.142. The Hall–Kier alpha value is -0.120. The first kappa shape index (κ1) is 13.9. The highest BCUT2D eigenvalue weighted by Gasteiger charge is 2.19. The zero-order valence-electron chi connectivity index (χ0n) is 10.4. The monoisotopic (exact) mass is 202 g/mol. The van der Waals surface area contributed by atoms with Gasteiger partial charge in [-0.15, -0.1) is 0 Å². The Labute approximate surface area is 88.8 Å². The second-order valence-electron chi connectivity index (χ2n) is 4.57. The molecule has 0 bridgehead atoms. The third kappa shape index (κ3) is 6.35. The van der Waals surface area contributed by atoms with Crippen LogP contribution >= 0.6 is 0 Å². The quantitative estimate of drug-likeness (QED) is 0.601. The van der Waals surface area contributed by atoms with Gasteiger partial charge >= 0.3 is 0 Å². The topological polar surface area (TPSA) is 24.5 Å². The van der Waals surface area contributed by atoms with Gasteiger partial charge in [-0.05, 0) is 54.4 Å². The molecule has 0 unspecified atom stereocenters. The molecular formula is C11H26N2O. The highest BCUT2D eigenvalue weighted by atomic mass is 16.5. The molecule has 86 valence electrons. The molecule has 0 aromatic rings. The molecule has 0 aromatic heterocycles. The van der Waals surface area contributed by atoms with Crippen molar-refractivity contribution in [1.82, 2.24) is 10.2 Å². The molecule has 0 aliphatic carbocycles. The third-order valence-corrected chi connectivity index (χ3v) is 2.63. The molecule has 0 aromatic carbocycles. The SMILES string of the molecule is CNCCCCOCC(C)(C)N(C)C. The van der Waals surface area contributed by atoms with Gasteiger partial charge in [-0.3, -0.25) is 0 Å². The first-order valence-corrected chi connectivity index (χ1v) is 5.40. The minimum absolute atomic E-state index is 0.142. The van der Waals surface area contributed by atoms with E-state index in [1.54, 1.807) is 0 Å². The number of ether oxygens (including phenoxy) is 1. The molecule has 3 nitrogen and oxygen atoms in total. The van der Waals surface area contributed by atoms with Gasteiger partial charge in [-0.2, -0.15) is 0 Å². The van der Waals surface area contributed by atoms with E-state index >= 15 is 0 Å². The molecular weight excluding hydrogens is 176 g/mol. The lowest BCUT2D eigenvalue weighted by molar-refractivity contribution is 0.0347. The van der Waals surface area contributed by atoms with Crippen LogP contribution in [0.1, 0.15) is 26.7 Å². The van der Waals surface area contributed by atoms with Crippen LogP contribution in [0.25, 0.3) is 0 Å². The summed E-state index contributed by atoms with van der Waals surface area (Å²) in [5, 5.41) is 3.13. The molecule has 3 heteroatoms. The highest BCUT2D eigenvalue weighted by molar-refractivity contribution is 4.75. The fraction of sp³-hybridized carbons (Fsp3) is 1.00. The molecule has 0 aliphatic rings. The number of nitrogens with zero attached hydrogens (tertiary/aromatic N) is 1. The molecule has 14 heavy (non-hydrogen) atoms. The average Bonchev–Trinajstić information content (AvgIpc) is 2.10. The zero-order valence-corrected chi connectivity index (χ0v) is 10.4. The molecule has 0 aliphatic heterocycles. The Bertz CT molecular complexity index is 135. The van der Waals surface area contributed by atoms with Gasteiger partial charge in [0.05, 0.1) is 6.61 Å². The number of hydrogen-bond acceptors (Lipinski definition) is 3. The van der Waals surface area contributed by atoms with Gasteiger partial charge in [-0.1, -0.05) is 0 Å². The van der Waals surface area contributed by atoms with Crippen molar-refractivity contribution in [2.45, 2.75) is 32.2 Å². The Kier molecular flexibility index (Phi) is 7.15. The van der Waals surface area contributed by atoms with E-state index in [4.69, 9.17) is 4.74 Å². The van der Waals surface area contributed by atoms with Gasteiger partial charge in [0.2, 0.25) is 0 Å². The Balaban J connectivity index is 3.35. The number of hydrogen-bond donors (Lipinski definition) is 1. The number of nitrogens with one attached hydrogen (secondary N) is 1. The van der Waals surface area contributed by atoms with E-state index in [1.807, 2.05) is 7.05 Å². The van der Waals surface area contributed by atoms with Crippen LogP contribution in [0.15, 0.2) is 0 Å². The van der Waals surface area contributed by atoms with Crippen LogP contribution in [0.5, 0.6) is 0 Å². The molecule has 0 radical (unpaired) electrons. The van der Waals surface area contributed by atoms with Crippen LogP contribution < -0.4 is 5.32 Å². The second kappa shape index (κ2) is 7.21. The molecule has 0 heterocycles. The molecule has 0 rings (SSSR count). The smallest absolute Gasteiger partial charge is 0.0644 e. The van der Waals surface area contributed by atoms with Crippen molar-refractivity contribution in [2.24, 2.45) is 0 Å². The lowest BCUT2D eigenvalue weighted by Crippen LogP contribution is -2.42. The van der Waals surface area contributed by atoms with Crippen LogP contribution in [0, 0.1) is 0 Å². The Morgan fingerprint density at radius 2 is 1.86 bits per heavy atom. The summed E-state index contributed by atoms with van der Waals surface area (Å²) in [5.74, 6) is 0. The normalized spacial score (nSPS) is 12.4. The van der Waals surface area contributed by atoms with Gasteiger partial charge in [0, 0.05) is 12.1 Å². The predicted octanol–water partition coefficient (Wildman–Crippen LogP) is 1.34. The molecule has 0 saturated carbocycles. The fourth-order valence-corrected chi connectivity index (χ4v) is 0.957. The number of unbranched alkanes of at least 4 members (excludes halogenated alkanes) is 1. The van der Waals surface area contributed by atoms with Crippen molar-refractivity contribution in [3.8, 4) is 0 Å². The first-order chi connectivity index (χ1) is 6.50. The number of likely N-dealkylation sites (N-methyl/N-ethyl adjacent to an activating group) is 1. The predicted molar refractivity (Wildman–Crippen MR) is 61.7 cm³/mol. The molecule has 0 saturated heterocycles. The zero-order chi connectivity index (χ0) is 11.0. The molecule has 0 amide bonds. The molecule has 0 spiro atoms. The molecule has 1 N–H and O–H groups in total. The van der Waals surface area contributed by atoms with Crippen LogP contribution in [-0.2, 0) is 4.74 Å². The summed E-state index contributed by atoms with van der Waals surface area (Å²) in [6.45, 7) is 7.15. The first-order valence-electron chi connectivity index (χ1n) is 5.40. The van der Waals surface area contributed by atoms with Gasteiger partial charge in [0.15, 0.2) is 0 Å². The lowest BCUT2D eigenvalue weighted by Gasteiger charge is -2.32. The second-order valence-corrected chi connectivity index (χ2v) is 4.57. The average molecular weight is 202 g/mol. The van der Waals surface area contributed by atoms with E-state index in [1.165, 1.54) is 6.42 Å². The molecule has 0 atom stereocenters. The van der Waals surface area contributed by atoms with Gasteiger partial charge in [0.25, 0.3) is 0 Å². The summed E-state index contributed by atoms with van der Waals surface area (Å²) < 4.78 is 5.64. The van der Waals surface area contributed by atoms with E-state index in [0.717, 1.165) is 26.2 Å². The van der Waals surface area contributed by atoms with Crippen molar-refractivity contribution in [3.05, 3.63) is 0 Å². The van der Waals surface area contributed by atoms with Crippen LogP contribution in [0.2, 0.25) is 0 Å². The van der Waals surface area contributed by atoms with Crippen molar-refractivity contribution >= 4 is 0 Å². The maximum Gasteiger partial charge on any atom is 0.0644 e. The Morgan fingerprint density at radius 3 is 2.36 bits per heavy atom. The van der Waals surface area contributed by atoms with Crippen LogP contribution in [-0.4, -0.2) is 51.3 Å². The lowest BCUT2D eigenvalue weighted by atomic mass is 10.1. The highest BCUT2D eigenvalue weighted by Crippen LogP contribution is 2.10.